The summed E-state index contributed by atoms with van der Waals surface area (Å²) in [6.07, 6.45) is 31.6. The Balaban J connectivity index is 2.52. The molecule has 2 aromatic rings. The van der Waals surface area contributed by atoms with Crippen LogP contribution in [0.25, 0.3) is 10.8 Å². The Morgan fingerprint density at radius 2 is 0.646 bits per heavy atom. The Kier molecular flexibility index (Phi) is 24.3. The molecule has 0 amide bonds. The number of methoxy groups -OCH3 is 2. The molecule has 0 aromatic heterocycles. The van der Waals surface area contributed by atoms with Crippen LogP contribution in [0.1, 0.15) is 182 Å². The van der Waals surface area contributed by atoms with Gasteiger partial charge in [-0.2, -0.15) is 0 Å². The number of hydrogen-bond acceptors (Lipinski definition) is 4. The summed E-state index contributed by atoms with van der Waals surface area (Å²) in [6.45, 7) is 13.6. The van der Waals surface area contributed by atoms with Crippen LogP contribution in [-0.4, -0.2) is 40.4 Å². The van der Waals surface area contributed by atoms with Crippen molar-refractivity contribution in [3.05, 3.63) is 24.3 Å². The van der Waals surface area contributed by atoms with Crippen molar-refractivity contribution in [1.82, 2.24) is 0 Å². The van der Waals surface area contributed by atoms with Gasteiger partial charge in [-0.15, -0.1) is 0 Å². The van der Waals surface area contributed by atoms with Crippen LogP contribution in [-0.2, 0) is 0 Å². The first-order valence-electron chi connectivity index (χ1n) is 20.8. The van der Waals surface area contributed by atoms with Crippen molar-refractivity contribution >= 4 is 22.1 Å². The minimum Gasteiger partial charge on any atom is -0.495 e. The van der Waals surface area contributed by atoms with E-state index in [1.54, 1.807) is 0 Å². The molecule has 0 atom stereocenters. The van der Waals surface area contributed by atoms with Gasteiger partial charge in [0.05, 0.1) is 25.6 Å². The lowest BCUT2D eigenvalue weighted by molar-refractivity contribution is 0.412. The fraction of sp³-hybridized carbons (Fsp3) is 0.773. The highest BCUT2D eigenvalue weighted by Crippen LogP contribution is 2.46. The summed E-state index contributed by atoms with van der Waals surface area (Å²) in [5.74, 6) is 2.01. The molecule has 4 nitrogen and oxygen atoms in total. The maximum absolute atomic E-state index is 6.23. The molecule has 0 bridgehead atoms. The van der Waals surface area contributed by atoms with Gasteiger partial charge in [-0.05, 0) is 43.2 Å². The summed E-state index contributed by atoms with van der Waals surface area (Å²) >= 11 is 0. The first kappa shape index (κ1) is 42.1. The second kappa shape index (κ2) is 27.7. The van der Waals surface area contributed by atoms with E-state index in [9.17, 15) is 0 Å². The Morgan fingerprint density at radius 3 is 0.917 bits per heavy atom. The Bertz CT molecular complexity index is 943. The molecule has 0 aliphatic rings. The summed E-state index contributed by atoms with van der Waals surface area (Å²) in [5, 5.41) is 2.64. The smallest absolute Gasteiger partial charge is 0.142 e. The van der Waals surface area contributed by atoms with Crippen LogP contribution < -0.4 is 19.3 Å². The number of fused-ring (bicyclic) bond motifs is 1. The van der Waals surface area contributed by atoms with E-state index in [-0.39, 0.29) is 0 Å². The van der Waals surface area contributed by atoms with E-state index in [4.69, 9.17) is 9.47 Å². The van der Waals surface area contributed by atoms with Gasteiger partial charge in [0.15, 0.2) is 0 Å². The number of hydrogen-bond donors (Lipinski definition) is 0. The molecule has 0 radical (unpaired) electrons. The van der Waals surface area contributed by atoms with Gasteiger partial charge < -0.3 is 19.3 Å². The lowest BCUT2D eigenvalue weighted by Crippen LogP contribution is -2.29. The summed E-state index contributed by atoms with van der Waals surface area (Å²) < 4.78 is 12.5. The molecule has 0 fully saturated rings. The van der Waals surface area contributed by atoms with Crippen molar-refractivity contribution in [2.45, 2.75) is 182 Å². The molecule has 0 N–H and O–H groups in total. The summed E-state index contributed by atoms with van der Waals surface area (Å²) in [6, 6.07) is 8.99. The minimum absolute atomic E-state index is 1.01. The zero-order valence-corrected chi connectivity index (χ0v) is 32.8. The quantitative estimate of drug-likeness (QED) is 0.0726. The Hall–Kier alpha value is -2.10. The number of unbranched alkanes of at least 4 members (excludes halogenated alkanes) is 20. The Morgan fingerprint density at radius 1 is 0.375 bits per heavy atom. The van der Waals surface area contributed by atoms with E-state index < -0.39 is 0 Å². The molecular weight excluding hydrogens is 588 g/mol. The number of nitrogens with zero attached hydrogens (tertiary/aromatic N) is 2. The van der Waals surface area contributed by atoms with E-state index in [0.29, 0.717) is 0 Å². The van der Waals surface area contributed by atoms with E-state index in [1.807, 2.05) is 14.2 Å². The van der Waals surface area contributed by atoms with Crippen molar-refractivity contribution in [2.75, 3.05) is 50.2 Å². The molecule has 0 aliphatic heterocycles. The van der Waals surface area contributed by atoms with Crippen LogP contribution in [0.5, 0.6) is 11.5 Å². The molecule has 0 heterocycles. The van der Waals surface area contributed by atoms with Crippen molar-refractivity contribution in [3.63, 3.8) is 0 Å². The molecule has 0 saturated heterocycles. The van der Waals surface area contributed by atoms with Crippen molar-refractivity contribution in [1.29, 1.82) is 0 Å². The third-order valence-electron chi connectivity index (χ3n) is 10.3. The molecule has 2 aromatic carbocycles. The molecule has 0 aliphatic carbocycles. The third kappa shape index (κ3) is 15.6. The van der Waals surface area contributed by atoms with Gasteiger partial charge in [0.25, 0.3) is 0 Å². The van der Waals surface area contributed by atoms with Gasteiger partial charge in [-0.1, -0.05) is 168 Å². The highest BCUT2D eigenvalue weighted by atomic mass is 16.5. The molecule has 48 heavy (non-hydrogen) atoms. The molecular formula is C44H78N2O2. The lowest BCUT2D eigenvalue weighted by Gasteiger charge is -2.33. The second-order valence-electron chi connectivity index (χ2n) is 14.4. The fourth-order valence-corrected chi connectivity index (χ4v) is 7.30. The van der Waals surface area contributed by atoms with Crippen LogP contribution in [0.3, 0.4) is 0 Å². The normalized spacial score (nSPS) is 11.4. The van der Waals surface area contributed by atoms with Gasteiger partial charge in [0.2, 0.25) is 0 Å². The first-order chi connectivity index (χ1) is 23.7. The van der Waals surface area contributed by atoms with Gasteiger partial charge in [-0.25, -0.2) is 0 Å². The van der Waals surface area contributed by atoms with E-state index in [2.05, 4.69) is 61.8 Å². The summed E-state index contributed by atoms with van der Waals surface area (Å²) in [7, 11) is 3.73. The van der Waals surface area contributed by atoms with Gasteiger partial charge in [-0.3, -0.25) is 0 Å². The number of rotatable bonds is 32. The number of ether oxygens (including phenoxy) is 2. The zero-order valence-electron chi connectivity index (χ0n) is 32.8. The number of benzene rings is 2. The minimum atomic E-state index is 1.01. The third-order valence-corrected chi connectivity index (χ3v) is 10.3. The van der Waals surface area contributed by atoms with Crippen LogP contribution in [0, 0.1) is 0 Å². The Labute approximate surface area is 298 Å². The molecule has 0 unspecified atom stereocenters. The average molecular weight is 667 g/mol. The van der Waals surface area contributed by atoms with Gasteiger partial charge >= 0.3 is 0 Å². The van der Waals surface area contributed by atoms with Crippen LogP contribution in [0.2, 0.25) is 0 Å². The van der Waals surface area contributed by atoms with Gasteiger partial charge in [0, 0.05) is 31.6 Å². The molecule has 276 valence electrons. The summed E-state index contributed by atoms with van der Waals surface area (Å²) in [4.78, 5) is 5.41. The van der Waals surface area contributed by atoms with Gasteiger partial charge in [0.1, 0.15) is 11.5 Å². The molecule has 0 saturated carbocycles. The van der Waals surface area contributed by atoms with E-state index in [0.717, 1.165) is 37.7 Å². The van der Waals surface area contributed by atoms with Crippen molar-refractivity contribution in [3.8, 4) is 11.5 Å². The van der Waals surface area contributed by atoms with E-state index >= 15 is 0 Å². The standard InChI is InChI=1S/C44H78N2O2/c1-7-11-15-19-23-27-35-45(36-28-24-20-16-12-8-2)43-40(47-5)33-31-39-32-34-41(48-6)44(42(39)43)46(37-29-25-21-17-13-9-3)38-30-26-22-18-14-10-4/h31-34H,7-30,35-38H2,1-6H3. The molecule has 2 rings (SSSR count). The topological polar surface area (TPSA) is 24.9 Å². The maximum Gasteiger partial charge on any atom is 0.142 e. The predicted molar refractivity (Wildman–Crippen MR) is 215 cm³/mol. The van der Waals surface area contributed by atoms with E-state index in [1.165, 1.54) is 176 Å². The summed E-state index contributed by atoms with van der Waals surface area (Å²) in [5.41, 5.74) is 2.59. The van der Waals surface area contributed by atoms with Crippen LogP contribution in [0.15, 0.2) is 24.3 Å². The highest BCUT2D eigenvalue weighted by Gasteiger charge is 2.24. The lowest BCUT2D eigenvalue weighted by atomic mass is 10.0. The van der Waals surface area contributed by atoms with Crippen LogP contribution in [0.4, 0.5) is 11.4 Å². The number of anilines is 2. The van der Waals surface area contributed by atoms with Crippen molar-refractivity contribution in [2.24, 2.45) is 0 Å². The van der Waals surface area contributed by atoms with Crippen LogP contribution >= 0.6 is 0 Å². The maximum atomic E-state index is 6.23. The molecule has 4 heteroatoms. The monoisotopic (exact) mass is 667 g/mol. The first-order valence-corrected chi connectivity index (χ1v) is 20.8. The second-order valence-corrected chi connectivity index (χ2v) is 14.4. The SMILES string of the molecule is CCCCCCCCN(CCCCCCCC)c1c(OC)ccc2ccc(OC)c(N(CCCCCCCC)CCCCCCCC)c12. The predicted octanol–water partition coefficient (Wildman–Crippen LogP) is 13.9. The van der Waals surface area contributed by atoms with Crippen molar-refractivity contribution < 1.29 is 9.47 Å². The fourth-order valence-electron chi connectivity index (χ4n) is 7.30. The largest absolute Gasteiger partial charge is 0.495 e. The zero-order chi connectivity index (χ0) is 34.7. The highest BCUT2D eigenvalue weighted by molar-refractivity contribution is 6.08. The molecule has 0 spiro atoms. The average Bonchev–Trinajstić information content (AvgIpc) is 3.11.